The number of rotatable bonds is 10. The van der Waals surface area contributed by atoms with Crippen molar-refractivity contribution in [3.05, 3.63) is 65.9 Å². The number of hydrogen-bond donors (Lipinski definition) is 12. The molecule has 16 heteroatoms. The van der Waals surface area contributed by atoms with Gasteiger partial charge >= 0.3 is 23.9 Å². The van der Waals surface area contributed by atoms with E-state index < -0.39 is 60.8 Å². The smallest absolute Gasteiger partial charge is 0.323 e. The average molecular weight is 610 g/mol. The number of aromatic amines is 1. The number of phenols is 1. The number of aliphatic hydroxyl groups excluding tert-OH is 2. The van der Waals surface area contributed by atoms with Crippen LogP contribution >= 0.6 is 0 Å². The molecule has 16 N–H and O–H groups in total. The molecule has 1 aromatic heterocycles. The molecule has 0 fully saturated rings. The van der Waals surface area contributed by atoms with Gasteiger partial charge in [0.25, 0.3) is 0 Å². The molecular weight excluding hydrogens is 570 g/mol. The number of carboxylic acids is 4. The van der Waals surface area contributed by atoms with E-state index in [1.807, 2.05) is 30.5 Å². The number of hydrogen-bond acceptors (Lipinski definition) is 11. The van der Waals surface area contributed by atoms with Crippen molar-refractivity contribution in [2.24, 2.45) is 22.9 Å². The van der Waals surface area contributed by atoms with Crippen LogP contribution in [0, 0.1) is 0 Å². The molecule has 0 aliphatic heterocycles. The summed E-state index contributed by atoms with van der Waals surface area (Å²) in [5.74, 6) is -4.19. The number of nitrogens with two attached hydrogens (primary N) is 4. The van der Waals surface area contributed by atoms with Gasteiger partial charge in [-0.3, -0.25) is 19.2 Å². The molecule has 0 bridgehead atoms. The predicted molar refractivity (Wildman–Crippen MR) is 155 cm³/mol. The third-order valence-electron chi connectivity index (χ3n) is 5.46. The van der Waals surface area contributed by atoms with Crippen LogP contribution < -0.4 is 22.9 Å². The lowest BCUT2D eigenvalue weighted by atomic mass is 10.1. The molecular formula is C27H39N5O11. The molecule has 43 heavy (non-hydrogen) atoms. The second-order valence-corrected chi connectivity index (χ2v) is 9.06. The van der Waals surface area contributed by atoms with Gasteiger partial charge in [-0.05, 0) is 42.7 Å². The maximum atomic E-state index is 10.6. The van der Waals surface area contributed by atoms with Crippen molar-refractivity contribution in [3.8, 4) is 5.75 Å². The van der Waals surface area contributed by atoms with Crippen molar-refractivity contribution in [2.75, 3.05) is 6.61 Å². The summed E-state index contributed by atoms with van der Waals surface area (Å²) < 4.78 is 0. The lowest BCUT2D eigenvalue weighted by Gasteiger charge is -2.06. The maximum Gasteiger partial charge on any atom is 0.323 e. The quantitative estimate of drug-likeness (QED) is 0.126. The first-order valence-corrected chi connectivity index (χ1v) is 12.6. The number of H-pyrrole nitrogens is 1. The first kappa shape index (κ1) is 38.4. The van der Waals surface area contributed by atoms with Crippen LogP contribution in [0.3, 0.4) is 0 Å². The van der Waals surface area contributed by atoms with Gasteiger partial charge in [-0.15, -0.1) is 0 Å². The number of nitrogens with one attached hydrogen (secondary N) is 1. The number of fused-ring (bicyclic) bond motifs is 1. The summed E-state index contributed by atoms with van der Waals surface area (Å²) in [5, 5.41) is 59.7. The lowest BCUT2D eigenvalue weighted by Crippen LogP contribution is -2.39. The normalized spacial score (nSPS) is 13.7. The van der Waals surface area contributed by atoms with Gasteiger partial charge in [0.1, 0.15) is 29.9 Å². The second-order valence-electron chi connectivity index (χ2n) is 9.06. The molecule has 1 heterocycles. The van der Waals surface area contributed by atoms with E-state index in [1.54, 1.807) is 12.1 Å². The molecule has 0 radical (unpaired) electrons. The Morgan fingerprint density at radius 3 is 1.63 bits per heavy atom. The Labute approximate surface area is 246 Å². The standard InChI is InChI=1S/C11H12N2O2.C9H11NO3.C4H9NO3.C3H7NO3/c12-9(11(14)15)5-7-6-13-10-4-2-1-3-8(7)10;10-8(9(12)13)5-6-1-3-7(11)4-2-6;1-2(6)3(5)4(7)8;4-2(1-5)3(6)7/h1-4,6,9,13H,5,12H2,(H,14,15);1-4,8,11H,5,10H2,(H,12,13);2-3,6H,5H2,1H3,(H,7,8);2,5H,1,4H2,(H,6,7)/t9-;8-;2-,3+;2-/m0010/s1. The van der Waals surface area contributed by atoms with Crippen LogP contribution in [-0.2, 0) is 32.0 Å². The van der Waals surface area contributed by atoms with Crippen LogP contribution in [0.1, 0.15) is 18.1 Å². The zero-order valence-electron chi connectivity index (χ0n) is 23.3. The summed E-state index contributed by atoms with van der Waals surface area (Å²) >= 11 is 0. The van der Waals surface area contributed by atoms with Crippen molar-refractivity contribution in [1.82, 2.24) is 4.98 Å². The summed E-state index contributed by atoms with van der Waals surface area (Å²) in [4.78, 5) is 43.6. The minimum absolute atomic E-state index is 0.160. The molecule has 0 amide bonds. The number of aliphatic carboxylic acids is 4. The molecule has 5 atom stereocenters. The number of phenolic OH excluding ortho intramolecular Hbond substituents is 1. The van der Waals surface area contributed by atoms with E-state index in [1.165, 1.54) is 19.1 Å². The van der Waals surface area contributed by atoms with Crippen LogP contribution in [0.2, 0.25) is 0 Å². The first-order chi connectivity index (χ1) is 20.0. The third kappa shape index (κ3) is 15.3. The summed E-state index contributed by atoms with van der Waals surface area (Å²) in [6, 6.07) is 10.1. The van der Waals surface area contributed by atoms with Gasteiger partial charge in [-0.25, -0.2) is 0 Å². The molecule has 0 aliphatic rings. The van der Waals surface area contributed by atoms with Crippen LogP contribution in [0.4, 0.5) is 0 Å². The minimum Gasteiger partial charge on any atom is -0.508 e. The number of aliphatic hydroxyl groups is 2. The number of benzene rings is 2. The highest BCUT2D eigenvalue weighted by Gasteiger charge is 2.16. The van der Waals surface area contributed by atoms with E-state index >= 15 is 0 Å². The van der Waals surface area contributed by atoms with Crippen molar-refractivity contribution < 1.29 is 54.9 Å². The van der Waals surface area contributed by atoms with E-state index in [2.05, 4.69) is 4.98 Å². The van der Waals surface area contributed by atoms with Crippen molar-refractivity contribution in [1.29, 1.82) is 0 Å². The number of para-hydroxylation sites is 1. The fourth-order valence-electron chi connectivity index (χ4n) is 2.88. The molecule has 0 spiro atoms. The first-order valence-electron chi connectivity index (χ1n) is 12.6. The predicted octanol–water partition coefficient (Wildman–Crippen LogP) is -1.36. The van der Waals surface area contributed by atoms with Gasteiger partial charge in [0, 0.05) is 23.5 Å². The largest absolute Gasteiger partial charge is 0.508 e. The number of carboxylic acid groups (broad SMARTS) is 4. The van der Waals surface area contributed by atoms with Crippen LogP contribution in [0.5, 0.6) is 5.75 Å². The van der Waals surface area contributed by atoms with Gasteiger partial charge < -0.3 is 63.7 Å². The van der Waals surface area contributed by atoms with Crippen LogP contribution in [0.15, 0.2) is 54.7 Å². The summed E-state index contributed by atoms with van der Waals surface area (Å²) in [6.07, 6.45) is 1.45. The van der Waals surface area contributed by atoms with E-state index in [9.17, 15) is 19.2 Å². The molecule has 238 valence electrons. The zero-order valence-corrected chi connectivity index (χ0v) is 23.3. The van der Waals surface area contributed by atoms with Gasteiger partial charge in [0.15, 0.2) is 0 Å². The summed E-state index contributed by atoms with van der Waals surface area (Å²) in [7, 11) is 0. The minimum atomic E-state index is -1.18. The van der Waals surface area contributed by atoms with Gasteiger partial charge in [0.2, 0.25) is 0 Å². The Morgan fingerprint density at radius 1 is 0.744 bits per heavy atom. The Hall–Kier alpha value is -4.58. The SMILES string of the molecule is C[C@@H](O)[C@H](N)C(=O)O.N[C@@H](CO)C(=O)O.N[C@@H](Cc1c[nH]c2ccccc12)C(=O)O.N[C@@H](Cc1ccc(O)cc1)C(=O)O. The van der Waals surface area contributed by atoms with E-state index in [-0.39, 0.29) is 12.2 Å². The molecule has 16 nitrogen and oxygen atoms in total. The van der Waals surface area contributed by atoms with E-state index in [0.29, 0.717) is 6.42 Å². The molecule has 3 aromatic rings. The Balaban J connectivity index is 0.000000576. The van der Waals surface area contributed by atoms with E-state index in [4.69, 9.17) is 58.7 Å². The van der Waals surface area contributed by atoms with Gasteiger partial charge in [-0.2, -0.15) is 0 Å². The highest BCUT2D eigenvalue weighted by molar-refractivity contribution is 5.84. The molecule has 0 saturated heterocycles. The Morgan fingerprint density at radius 2 is 1.23 bits per heavy atom. The average Bonchev–Trinajstić information content (AvgIpc) is 3.36. The van der Waals surface area contributed by atoms with Crippen molar-refractivity contribution in [2.45, 2.75) is 50.0 Å². The van der Waals surface area contributed by atoms with Crippen LogP contribution in [0.25, 0.3) is 10.9 Å². The fraction of sp³-hybridized carbons (Fsp3) is 0.333. The number of carbonyl (C=O) groups is 4. The second kappa shape index (κ2) is 19.5. The lowest BCUT2D eigenvalue weighted by molar-refractivity contribution is -0.141. The highest BCUT2D eigenvalue weighted by Crippen LogP contribution is 2.18. The number of aromatic nitrogens is 1. The molecule has 2 aromatic carbocycles. The van der Waals surface area contributed by atoms with Crippen molar-refractivity contribution >= 4 is 34.8 Å². The number of aromatic hydroxyl groups is 1. The Kier molecular flexibility index (Phi) is 17.4. The third-order valence-corrected chi connectivity index (χ3v) is 5.46. The summed E-state index contributed by atoms with van der Waals surface area (Å²) in [6.45, 7) is 0.827. The molecule has 0 aliphatic carbocycles. The fourth-order valence-corrected chi connectivity index (χ4v) is 2.88. The van der Waals surface area contributed by atoms with Gasteiger partial charge in [-0.1, -0.05) is 30.3 Å². The highest BCUT2D eigenvalue weighted by atomic mass is 16.4. The zero-order chi connectivity index (χ0) is 33.3. The monoisotopic (exact) mass is 609 g/mol. The molecule has 3 rings (SSSR count). The molecule has 0 unspecified atom stereocenters. The van der Waals surface area contributed by atoms with E-state index in [0.717, 1.165) is 22.0 Å². The van der Waals surface area contributed by atoms with Crippen molar-refractivity contribution in [3.63, 3.8) is 0 Å². The topological polar surface area (TPSA) is 330 Å². The van der Waals surface area contributed by atoms with Crippen LogP contribution in [-0.4, -0.2) is 101 Å². The summed E-state index contributed by atoms with van der Waals surface area (Å²) in [5.41, 5.74) is 23.2. The van der Waals surface area contributed by atoms with Gasteiger partial charge in [0.05, 0.1) is 12.7 Å². The molecule has 0 saturated carbocycles. The maximum absolute atomic E-state index is 10.6. The Bertz CT molecular complexity index is 1300.